The van der Waals surface area contributed by atoms with Gasteiger partial charge >= 0.3 is 0 Å². The highest BCUT2D eigenvalue weighted by Gasteiger charge is 2.45. The fourth-order valence-electron chi connectivity index (χ4n) is 4.38. The van der Waals surface area contributed by atoms with E-state index in [1.807, 2.05) is 31.7 Å². The summed E-state index contributed by atoms with van der Waals surface area (Å²) >= 11 is 0. The van der Waals surface area contributed by atoms with Crippen molar-refractivity contribution in [3.63, 3.8) is 0 Å². The summed E-state index contributed by atoms with van der Waals surface area (Å²) in [4.78, 5) is 19.9. The minimum atomic E-state index is -0.205. The van der Waals surface area contributed by atoms with Crippen molar-refractivity contribution in [2.24, 2.45) is 12.5 Å². The van der Waals surface area contributed by atoms with E-state index in [0.717, 1.165) is 60.8 Å². The molecule has 2 aromatic heterocycles. The minimum absolute atomic E-state index is 0.136. The molecule has 3 fully saturated rings. The van der Waals surface area contributed by atoms with E-state index in [4.69, 9.17) is 0 Å². The largest absolute Gasteiger partial charge is 0.310 e. The number of pyridine rings is 1. The molecule has 1 N–H and O–H groups in total. The van der Waals surface area contributed by atoms with Gasteiger partial charge in [0, 0.05) is 30.4 Å². The van der Waals surface area contributed by atoms with E-state index in [0.29, 0.717) is 5.82 Å². The molecule has 0 saturated carbocycles. The Kier molecular flexibility index (Phi) is 3.75. The van der Waals surface area contributed by atoms with Crippen LogP contribution in [0.2, 0.25) is 0 Å². The number of piperidine rings is 3. The quantitative estimate of drug-likeness (QED) is 0.779. The highest BCUT2D eigenvalue weighted by molar-refractivity contribution is 5.97. The van der Waals surface area contributed by atoms with E-state index >= 15 is 0 Å². The van der Waals surface area contributed by atoms with Crippen molar-refractivity contribution in [3.05, 3.63) is 42.9 Å². The van der Waals surface area contributed by atoms with Gasteiger partial charge in [-0.15, -0.1) is 0 Å². The lowest BCUT2D eigenvalue weighted by Gasteiger charge is -2.47. The van der Waals surface area contributed by atoms with Gasteiger partial charge in [0.15, 0.2) is 0 Å². The van der Waals surface area contributed by atoms with Gasteiger partial charge in [0.05, 0.1) is 11.6 Å². The predicted molar refractivity (Wildman–Crippen MR) is 105 cm³/mol. The maximum atomic E-state index is 13.0. The smallest absolute Gasteiger partial charge is 0.231 e. The molecule has 3 aliphatic heterocycles. The van der Waals surface area contributed by atoms with E-state index in [9.17, 15) is 4.79 Å². The third kappa shape index (κ3) is 2.90. The topological polar surface area (TPSA) is 63.1 Å². The summed E-state index contributed by atoms with van der Waals surface area (Å²) in [6.07, 6.45) is 8.56. The van der Waals surface area contributed by atoms with Gasteiger partial charge in [0.2, 0.25) is 5.91 Å². The number of nitrogens with one attached hydrogen (secondary N) is 1. The Hall–Kier alpha value is -2.73. The van der Waals surface area contributed by atoms with Crippen molar-refractivity contribution >= 4 is 22.5 Å². The van der Waals surface area contributed by atoms with Crippen LogP contribution in [0.3, 0.4) is 0 Å². The van der Waals surface area contributed by atoms with Crippen LogP contribution in [0.25, 0.3) is 21.9 Å². The second-order valence-electron chi connectivity index (χ2n) is 7.86. The van der Waals surface area contributed by atoms with Gasteiger partial charge in [-0.05, 0) is 62.0 Å². The van der Waals surface area contributed by atoms with Gasteiger partial charge < -0.3 is 10.2 Å². The first-order valence-corrected chi connectivity index (χ1v) is 9.54. The average molecular weight is 361 g/mol. The molecule has 0 aliphatic carbocycles. The molecule has 138 valence electrons. The van der Waals surface area contributed by atoms with Crippen LogP contribution in [0.4, 0.5) is 5.82 Å². The number of benzene rings is 1. The van der Waals surface area contributed by atoms with Crippen LogP contribution < -0.4 is 5.32 Å². The van der Waals surface area contributed by atoms with Crippen molar-refractivity contribution < 1.29 is 4.79 Å². The van der Waals surface area contributed by atoms with Crippen LogP contribution in [0, 0.1) is 5.41 Å². The third-order valence-corrected chi connectivity index (χ3v) is 6.20. The SMILES string of the molecule is Cn1cc(-c2ccc3cnc(NC(=O)C45CCN(CC4)CC5)cc3c2)cn1. The van der Waals surface area contributed by atoms with Crippen molar-refractivity contribution in [1.82, 2.24) is 19.7 Å². The molecule has 0 spiro atoms. The highest BCUT2D eigenvalue weighted by atomic mass is 16.2. The molecular weight excluding hydrogens is 338 g/mol. The molecule has 0 radical (unpaired) electrons. The lowest BCUT2D eigenvalue weighted by molar-refractivity contribution is -0.132. The predicted octanol–water partition coefficient (Wildman–Crippen LogP) is 3.06. The van der Waals surface area contributed by atoms with Gasteiger partial charge in [-0.3, -0.25) is 9.48 Å². The first kappa shape index (κ1) is 16.4. The van der Waals surface area contributed by atoms with Crippen molar-refractivity contribution in [3.8, 4) is 11.1 Å². The molecule has 1 aromatic carbocycles. The van der Waals surface area contributed by atoms with Crippen LogP contribution in [-0.2, 0) is 11.8 Å². The fourth-order valence-corrected chi connectivity index (χ4v) is 4.38. The van der Waals surface area contributed by atoms with E-state index in [2.05, 4.69) is 38.5 Å². The number of amides is 1. The second-order valence-corrected chi connectivity index (χ2v) is 7.86. The highest BCUT2D eigenvalue weighted by Crippen LogP contribution is 2.41. The van der Waals surface area contributed by atoms with Crippen LogP contribution in [0.5, 0.6) is 0 Å². The van der Waals surface area contributed by atoms with E-state index < -0.39 is 0 Å². The lowest BCUT2D eigenvalue weighted by Crippen LogP contribution is -2.53. The van der Waals surface area contributed by atoms with E-state index in [-0.39, 0.29) is 11.3 Å². The third-order valence-electron chi connectivity index (χ3n) is 6.20. The van der Waals surface area contributed by atoms with Crippen molar-refractivity contribution in [1.29, 1.82) is 0 Å². The van der Waals surface area contributed by atoms with Gasteiger partial charge in [-0.1, -0.05) is 12.1 Å². The van der Waals surface area contributed by atoms with Gasteiger partial charge in [0.1, 0.15) is 5.82 Å². The Labute approximate surface area is 158 Å². The molecule has 0 unspecified atom stereocenters. The second kappa shape index (κ2) is 6.16. The number of anilines is 1. The molecule has 2 bridgehead atoms. The Bertz CT molecular complexity index is 1000. The number of nitrogens with zero attached hydrogens (tertiary/aromatic N) is 4. The summed E-state index contributed by atoms with van der Waals surface area (Å²) in [7, 11) is 1.91. The Morgan fingerprint density at radius 2 is 1.81 bits per heavy atom. The Morgan fingerprint density at radius 3 is 2.52 bits per heavy atom. The van der Waals surface area contributed by atoms with E-state index in [1.165, 1.54) is 0 Å². The van der Waals surface area contributed by atoms with Gasteiger partial charge in [-0.2, -0.15) is 5.10 Å². The van der Waals surface area contributed by atoms with Crippen molar-refractivity contribution in [2.45, 2.75) is 19.3 Å². The normalized spacial score (nSPS) is 24.3. The summed E-state index contributed by atoms with van der Waals surface area (Å²) in [6, 6.07) is 8.24. The average Bonchev–Trinajstić information content (AvgIpc) is 3.15. The molecule has 3 saturated heterocycles. The summed E-state index contributed by atoms with van der Waals surface area (Å²) in [6.45, 7) is 3.10. The number of aryl methyl sites for hydroxylation is 1. The summed E-state index contributed by atoms with van der Waals surface area (Å²) in [5.41, 5.74) is 1.98. The zero-order valence-electron chi connectivity index (χ0n) is 15.5. The number of hydrogen-bond donors (Lipinski definition) is 1. The minimum Gasteiger partial charge on any atom is -0.310 e. The zero-order chi connectivity index (χ0) is 18.4. The first-order chi connectivity index (χ1) is 13.1. The van der Waals surface area contributed by atoms with Crippen LogP contribution in [0.1, 0.15) is 19.3 Å². The summed E-state index contributed by atoms with van der Waals surface area (Å²) in [5, 5.41) is 9.47. The monoisotopic (exact) mass is 361 g/mol. The molecule has 6 nitrogen and oxygen atoms in total. The summed E-state index contributed by atoms with van der Waals surface area (Å²) < 4.78 is 1.80. The lowest BCUT2D eigenvalue weighted by atomic mass is 9.71. The molecule has 3 aliphatic rings. The summed E-state index contributed by atoms with van der Waals surface area (Å²) in [5.74, 6) is 0.773. The molecule has 5 heterocycles. The number of aromatic nitrogens is 3. The van der Waals surface area contributed by atoms with Gasteiger partial charge in [0.25, 0.3) is 0 Å². The molecule has 0 atom stereocenters. The zero-order valence-corrected chi connectivity index (χ0v) is 15.5. The van der Waals surface area contributed by atoms with Crippen LogP contribution >= 0.6 is 0 Å². The standard InChI is InChI=1S/C21H23N5O/c1-25-14-18(13-23-25)15-2-3-16-12-22-19(11-17(16)10-15)24-20(27)21-4-7-26(8-5-21)9-6-21/h2-3,10-14H,4-9H2,1H3,(H,22,24,27). The number of carbonyl (C=O) groups excluding carboxylic acids is 1. The molecule has 27 heavy (non-hydrogen) atoms. The molecule has 6 rings (SSSR count). The Morgan fingerprint density at radius 1 is 1.04 bits per heavy atom. The Balaban J connectivity index is 1.42. The maximum absolute atomic E-state index is 13.0. The first-order valence-electron chi connectivity index (χ1n) is 9.54. The molecular formula is C21H23N5O. The maximum Gasteiger partial charge on any atom is 0.231 e. The molecule has 1 amide bonds. The number of carbonyl (C=O) groups is 1. The number of rotatable bonds is 3. The van der Waals surface area contributed by atoms with Crippen LogP contribution in [-0.4, -0.2) is 45.2 Å². The number of hydrogen-bond acceptors (Lipinski definition) is 4. The van der Waals surface area contributed by atoms with Crippen molar-refractivity contribution in [2.75, 3.05) is 25.0 Å². The van der Waals surface area contributed by atoms with E-state index in [1.54, 1.807) is 4.68 Å². The fraction of sp³-hybridized carbons (Fsp3) is 0.381. The number of fused-ring (bicyclic) bond motifs is 4. The van der Waals surface area contributed by atoms with Crippen LogP contribution in [0.15, 0.2) is 42.9 Å². The van der Waals surface area contributed by atoms with Gasteiger partial charge in [-0.25, -0.2) is 4.98 Å². The molecule has 3 aromatic rings. The molecule has 6 heteroatoms.